The van der Waals surface area contributed by atoms with Crippen LogP contribution in [0.5, 0.6) is 0 Å². The van der Waals surface area contributed by atoms with E-state index in [-0.39, 0.29) is 6.04 Å². The molecule has 1 aliphatic carbocycles. The molecule has 0 saturated heterocycles. The highest BCUT2D eigenvalue weighted by atomic mass is 79.9. The SMILES string of the molecule is N[C@@H](CCCCCC(=O)CC1CC1)c1ncc(Br)o1. The van der Waals surface area contributed by atoms with E-state index in [0.717, 1.165) is 38.5 Å². The maximum atomic E-state index is 11.6. The standard InChI is InChI=1S/C14H21BrN2O2/c15-13-9-17-14(19-13)12(16)5-3-1-2-4-11(18)8-10-6-7-10/h9-10,12H,1-8,16H2/t12-/m0/s1. The van der Waals surface area contributed by atoms with Crippen molar-refractivity contribution in [1.82, 2.24) is 4.98 Å². The Morgan fingerprint density at radius 1 is 1.47 bits per heavy atom. The molecule has 1 fully saturated rings. The lowest BCUT2D eigenvalue weighted by molar-refractivity contribution is -0.119. The van der Waals surface area contributed by atoms with Crippen LogP contribution in [0.4, 0.5) is 0 Å². The molecule has 0 radical (unpaired) electrons. The third kappa shape index (κ3) is 5.45. The molecule has 1 heterocycles. The molecule has 0 aromatic carbocycles. The summed E-state index contributed by atoms with van der Waals surface area (Å²) in [4.78, 5) is 15.6. The van der Waals surface area contributed by atoms with E-state index >= 15 is 0 Å². The molecule has 0 amide bonds. The molecule has 2 rings (SSSR count). The lowest BCUT2D eigenvalue weighted by atomic mass is 10.0. The molecule has 1 atom stereocenters. The number of unbranched alkanes of at least 4 members (excludes halogenated alkanes) is 2. The average Bonchev–Trinajstić information content (AvgIpc) is 3.07. The summed E-state index contributed by atoms with van der Waals surface area (Å²) in [5.74, 6) is 1.73. The van der Waals surface area contributed by atoms with Gasteiger partial charge in [-0.1, -0.05) is 12.8 Å². The molecule has 1 saturated carbocycles. The lowest BCUT2D eigenvalue weighted by Gasteiger charge is -2.06. The normalized spacial score (nSPS) is 16.5. The van der Waals surface area contributed by atoms with Crippen molar-refractivity contribution in [2.24, 2.45) is 11.7 Å². The number of rotatable bonds is 9. The van der Waals surface area contributed by atoms with E-state index in [1.165, 1.54) is 12.8 Å². The van der Waals surface area contributed by atoms with Crippen LogP contribution in [-0.4, -0.2) is 10.8 Å². The molecular formula is C14H21BrN2O2. The number of nitrogens with zero attached hydrogens (tertiary/aromatic N) is 1. The number of ketones is 1. The summed E-state index contributed by atoms with van der Waals surface area (Å²) in [7, 11) is 0. The molecule has 1 aromatic rings. The molecule has 106 valence electrons. The van der Waals surface area contributed by atoms with Crippen molar-refractivity contribution < 1.29 is 9.21 Å². The summed E-state index contributed by atoms with van der Waals surface area (Å²) >= 11 is 3.21. The maximum Gasteiger partial charge on any atom is 0.212 e. The molecule has 1 aliphatic rings. The van der Waals surface area contributed by atoms with E-state index in [1.807, 2.05) is 0 Å². The monoisotopic (exact) mass is 328 g/mol. The van der Waals surface area contributed by atoms with Crippen LogP contribution in [0.15, 0.2) is 15.3 Å². The van der Waals surface area contributed by atoms with Gasteiger partial charge in [-0.2, -0.15) is 0 Å². The maximum absolute atomic E-state index is 11.6. The quantitative estimate of drug-likeness (QED) is 0.701. The first-order valence-corrected chi connectivity index (χ1v) is 7.83. The van der Waals surface area contributed by atoms with Gasteiger partial charge in [0.05, 0.1) is 12.2 Å². The summed E-state index contributed by atoms with van der Waals surface area (Å²) in [6.45, 7) is 0. The van der Waals surface area contributed by atoms with Crippen LogP contribution in [0.25, 0.3) is 0 Å². The molecule has 5 heteroatoms. The van der Waals surface area contributed by atoms with Gasteiger partial charge in [0.15, 0.2) is 4.67 Å². The lowest BCUT2D eigenvalue weighted by Crippen LogP contribution is -2.10. The van der Waals surface area contributed by atoms with E-state index in [0.29, 0.717) is 22.3 Å². The van der Waals surface area contributed by atoms with Gasteiger partial charge in [-0.15, -0.1) is 0 Å². The van der Waals surface area contributed by atoms with Gasteiger partial charge in [-0.25, -0.2) is 4.98 Å². The van der Waals surface area contributed by atoms with Crippen molar-refractivity contribution in [1.29, 1.82) is 0 Å². The Hall–Kier alpha value is -0.680. The fourth-order valence-corrected chi connectivity index (χ4v) is 2.44. The van der Waals surface area contributed by atoms with Gasteiger partial charge in [0.2, 0.25) is 5.89 Å². The van der Waals surface area contributed by atoms with E-state index in [4.69, 9.17) is 10.2 Å². The fraction of sp³-hybridized carbons (Fsp3) is 0.714. The Morgan fingerprint density at radius 3 is 2.89 bits per heavy atom. The molecule has 2 N–H and O–H groups in total. The molecule has 0 bridgehead atoms. The number of halogens is 1. The Bertz CT molecular complexity index is 415. The highest BCUT2D eigenvalue weighted by Gasteiger charge is 2.23. The van der Waals surface area contributed by atoms with E-state index < -0.39 is 0 Å². The van der Waals surface area contributed by atoms with Crippen molar-refractivity contribution in [3.8, 4) is 0 Å². The van der Waals surface area contributed by atoms with Gasteiger partial charge in [0.25, 0.3) is 0 Å². The Kier molecular flexibility index (Phi) is 5.58. The van der Waals surface area contributed by atoms with Crippen LogP contribution in [0.2, 0.25) is 0 Å². The zero-order chi connectivity index (χ0) is 13.7. The van der Waals surface area contributed by atoms with E-state index in [2.05, 4.69) is 20.9 Å². The molecular weight excluding hydrogens is 308 g/mol. The van der Waals surface area contributed by atoms with Crippen LogP contribution < -0.4 is 5.73 Å². The van der Waals surface area contributed by atoms with Gasteiger partial charge in [0.1, 0.15) is 5.78 Å². The number of Topliss-reactive ketones (excluding diaryl/α,β-unsaturated/α-hetero) is 1. The van der Waals surface area contributed by atoms with Crippen LogP contribution in [0.3, 0.4) is 0 Å². The second kappa shape index (κ2) is 7.20. The zero-order valence-corrected chi connectivity index (χ0v) is 12.7. The molecule has 4 nitrogen and oxygen atoms in total. The Morgan fingerprint density at radius 2 is 2.26 bits per heavy atom. The second-order valence-corrected chi connectivity index (χ2v) is 6.18. The van der Waals surface area contributed by atoms with Gasteiger partial charge in [-0.3, -0.25) is 4.79 Å². The number of nitrogens with two attached hydrogens (primary N) is 1. The summed E-state index contributed by atoms with van der Waals surface area (Å²) < 4.78 is 5.93. The van der Waals surface area contributed by atoms with Crippen molar-refractivity contribution in [3.05, 3.63) is 16.8 Å². The number of hydrogen-bond donors (Lipinski definition) is 1. The number of oxazole rings is 1. The first-order chi connectivity index (χ1) is 9.15. The van der Waals surface area contributed by atoms with Gasteiger partial charge in [0, 0.05) is 12.8 Å². The van der Waals surface area contributed by atoms with Gasteiger partial charge >= 0.3 is 0 Å². The summed E-state index contributed by atoms with van der Waals surface area (Å²) in [5.41, 5.74) is 5.98. The van der Waals surface area contributed by atoms with Crippen molar-refractivity contribution >= 4 is 21.7 Å². The third-order valence-electron chi connectivity index (χ3n) is 3.50. The average molecular weight is 329 g/mol. The van der Waals surface area contributed by atoms with E-state index in [1.54, 1.807) is 6.20 Å². The number of aromatic nitrogens is 1. The Balaban J connectivity index is 1.52. The van der Waals surface area contributed by atoms with Crippen molar-refractivity contribution in [3.63, 3.8) is 0 Å². The predicted molar refractivity (Wildman–Crippen MR) is 76.6 cm³/mol. The smallest absolute Gasteiger partial charge is 0.212 e. The molecule has 1 aromatic heterocycles. The summed E-state index contributed by atoms with van der Waals surface area (Å²) in [6, 6.07) is -0.145. The van der Waals surface area contributed by atoms with Crippen LogP contribution in [-0.2, 0) is 4.79 Å². The van der Waals surface area contributed by atoms with Crippen molar-refractivity contribution in [2.75, 3.05) is 0 Å². The molecule has 19 heavy (non-hydrogen) atoms. The summed E-state index contributed by atoms with van der Waals surface area (Å²) in [6.07, 6.45) is 9.56. The fourth-order valence-electron chi connectivity index (χ4n) is 2.17. The van der Waals surface area contributed by atoms with Gasteiger partial charge in [-0.05, 0) is 47.5 Å². The van der Waals surface area contributed by atoms with Crippen LogP contribution in [0, 0.1) is 5.92 Å². The predicted octanol–water partition coefficient (Wildman–Crippen LogP) is 3.76. The first-order valence-electron chi connectivity index (χ1n) is 7.03. The highest BCUT2D eigenvalue weighted by Crippen LogP contribution is 2.33. The largest absolute Gasteiger partial charge is 0.432 e. The molecule has 0 unspecified atom stereocenters. The van der Waals surface area contributed by atoms with E-state index in [9.17, 15) is 4.79 Å². The minimum atomic E-state index is -0.145. The molecule has 0 spiro atoms. The first kappa shape index (κ1) is 14.7. The minimum absolute atomic E-state index is 0.145. The number of hydrogen-bond acceptors (Lipinski definition) is 4. The number of carbonyl (C=O) groups excluding carboxylic acids is 1. The van der Waals surface area contributed by atoms with Crippen molar-refractivity contribution in [2.45, 2.75) is 57.4 Å². The van der Waals surface area contributed by atoms with Crippen LogP contribution >= 0.6 is 15.9 Å². The second-order valence-electron chi connectivity index (χ2n) is 5.39. The number of carbonyl (C=O) groups is 1. The minimum Gasteiger partial charge on any atom is -0.432 e. The highest BCUT2D eigenvalue weighted by molar-refractivity contribution is 9.10. The van der Waals surface area contributed by atoms with Gasteiger partial charge < -0.3 is 10.2 Å². The topological polar surface area (TPSA) is 69.1 Å². The zero-order valence-electron chi connectivity index (χ0n) is 11.1. The molecule has 0 aliphatic heterocycles. The summed E-state index contributed by atoms with van der Waals surface area (Å²) in [5, 5.41) is 0. The Labute approximate surface area is 122 Å². The van der Waals surface area contributed by atoms with Crippen LogP contribution in [0.1, 0.15) is 63.3 Å². The third-order valence-corrected chi connectivity index (χ3v) is 3.86.